The van der Waals surface area contributed by atoms with Crippen molar-refractivity contribution in [3.8, 4) is 11.8 Å². The van der Waals surface area contributed by atoms with Gasteiger partial charge in [0.2, 0.25) is 5.91 Å². The summed E-state index contributed by atoms with van der Waals surface area (Å²) in [5, 5.41) is 5.72. The molecule has 11 heavy (non-hydrogen) atoms. The third kappa shape index (κ3) is 2.24. The van der Waals surface area contributed by atoms with Crippen molar-refractivity contribution in [1.82, 2.24) is 10.6 Å². The summed E-state index contributed by atoms with van der Waals surface area (Å²) >= 11 is 0. The van der Waals surface area contributed by atoms with Crippen LogP contribution < -0.4 is 10.6 Å². The quantitative estimate of drug-likeness (QED) is 0.523. The van der Waals surface area contributed by atoms with Gasteiger partial charge in [0.1, 0.15) is 0 Å². The largest absolute Gasteiger partial charge is 0.344 e. The van der Waals surface area contributed by atoms with Crippen LogP contribution in [0.1, 0.15) is 13.3 Å². The van der Waals surface area contributed by atoms with Crippen molar-refractivity contribution in [3.63, 3.8) is 0 Å². The Bertz CT molecular complexity index is 198. The summed E-state index contributed by atoms with van der Waals surface area (Å²) in [6.45, 7) is 3.18. The van der Waals surface area contributed by atoms with E-state index in [9.17, 15) is 4.79 Å². The third-order valence-corrected chi connectivity index (χ3v) is 1.67. The Morgan fingerprint density at radius 1 is 1.82 bits per heavy atom. The van der Waals surface area contributed by atoms with Crippen molar-refractivity contribution in [3.05, 3.63) is 0 Å². The molecule has 0 aromatic carbocycles. The highest BCUT2D eigenvalue weighted by Crippen LogP contribution is 2.00. The van der Waals surface area contributed by atoms with E-state index in [4.69, 9.17) is 0 Å². The van der Waals surface area contributed by atoms with Crippen molar-refractivity contribution < 1.29 is 4.79 Å². The molecule has 60 valence electrons. The molecule has 0 spiro atoms. The Hall–Kier alpha value is -1.01. The van der Waals surface area contributed by atoms with Crippen molar-refractivity contribution in [2.45, 2.75) is 19.4 Å². The van der Waals surface area contributed by atoms with E-state index in [1.807, 2.05) is 0 Å². The molecule has 1 unspecified atom stereocenters. The van der Waals surface area contributed by atoms with Gasteiger partial charge in [-0.05, 0) is 19.9 Å². The normalized spacial score (nSPS) is 21.0. The Kier molecular flexibility index (Phi) is 2.94. The second-order valence-electron chi connectivity index (χ2n) is 2.44. The zero-order chi connectivity index (χ0) is 8.10. The lowest BCUT2D eigenvalue weighted by molar-refractivity contribution is -0.124. The number of hydrogen-bond acceptors (Lipinski definition) is 2. The summed E-state index contributed by atoms with van der Waals surface area (Å²) in [7, 11) is 0. The first-order chi connectivity index (χ1) is 5.34. The summed E-state index contributed by atoms with van der Waals surface area (Å²) in [5.74, 6) is 5.55. The molecule has 1 heterocycles. The van der Waals surface area contributed by atoms with Gasteiger partial charge in [-0.1, -0.05) is 5.92 Å². The van der Waals surface area contributed by atoms with Crippen LogP contribution in [0.25, 0.3) is 0 Å². The van der Waals surface area contributed by atoms with E-state index >= 15 is 0 Å². The maximum atomic E-state index is 11.1. The molecule has 2 N–H and O–H groups in total. The Labute approximate surface area is 66.5 Å². The van der Waals surface area contributed by atoms with Gasteiger partial charge in [-0.2, -0.15) is 0 Å². The molecule has 0 radical (unpaired) electrons. The van der Waals surface area contributed by atoms with Crippen LogP contribution in [-0.2, 0) is 4.79 Å². The monoisotopic (exact) mass is 152 g/mol. The Balaban J connectivity index is 2.13. The molecule has 1 fully saturated rings. The van der Waals surface area contributed by atoms with E-state index in [1.54, 1.807) is 6.92 Å². The predicted molar refractivity (Wildman–Crippen MR) is 42.9 cm³/mol. The van der Waals surface area contributed by atoms with Crippen LogP contribution in [0.15, 0.2) is 0 Å². The lowest BCUT2D eigenvalue weighted by Gasteiger charge is -2.25. The first-order valence-corrected chi connectivity index (χ1v) is 3.75. The molecule has 1 aliphatic rings. The molecule has 0 aromatic heterocycles. The fraction of sp³-hybridized carbons (Fsp3) is 0.625. The van der Waals surface area contributed by atoms with Crippen LogP contribution in [0, 0.1) is 11.8 Å². The second kappa shape index (κ2) is 3.99. The minimum atomic E-state index is 0.0358. The first kappa shape index (κ1) is 8.09. The number of amides is 1. The Morgan fingerprint density at radius 3 is 3.00 bits per heavy atom. The minimum absolute atomic E-state index is 0.0358. The molecule has 3 nitrogen and oxygen atoms in total. The molecule has 0 saturated carbocycles. The van der Waals surface area contributed by atoms with Crippen molar-refractivity contribution in [2.24, 2.45) is 0 Å². The van der Waals surface area contributed by atoms with E-state index in [1.165, 1.54) is 0 Å². The van der Waals surface area contributed by atoms with E-state index < -0.39 is 0 Å². The number of hydrogen-bond donors (Lipinski definition) is 2. The van der Waals surface area contributed by atoms with E-state index in [0.29, 0.717) is 6.54 Å². The van der Waals surface area contributed by atoms with Gasteiger partial charge < -0.3 is 10.6 Å². The molecule has 1 rings (SSSR count). The van der Waals surface area contributed by atoms with Crippen LogP contribution in [0.2, 0.25) is 0 Å². The summed E-state index contributed by atoms with van der Waals surface area (Å²) in [4.78, 5) is 11.1. The van der Waals surface area contributed by atoms with Crippen LogP contribution in [0.5, 0.6) is 0 Å². The molecule has 1 amide bonds. The number of nitrogens with one attached hydrogen (secondary N) is 2. The predicted octanol–water partition coefficient (Wildman–Crippen LogP) is -0.512. The Morgan fingerprint density at radius 2 is 2.55 bits per heavy atom. The van der Waals surface area contributed by atoms with Gasteiger partial charge in [0, 0.05) is 0 Å². The fourth-order valence-corrected chi connectivity index (χ4v) is 0.855. The number of carbonyl (C=O) groups is 1. The van der Waals surface area contributed by atoms with Gasteiger partial charge in [-0.15, -0.1) is 5.92 Å². The van der Waals surface area contributed by atoms with Gasteiger partial charge in [-0.3, -0.25) is 4.79 Å². The lowest BCUT2D eigenvalue weighted by Crippen LogP contribution is -2.53. The van der Waals surface area contributed by atoms with Crippen molar-refractivity contribution >= 4 is 5.91 Å². The molecule has 0 aliphatic carbocycles. The van der Waals surface area contributed by atoms with Crippen LogP contribution >= 0.6 is 0 Å². The highest BCUT2D eigenvalue weighted by atomic mass is 16.2. The molecule has 0 bridgehead atoms. The topological polar surface area (TPSA) is 41.1 Å². The number of rotatable bonds is 2. The molecular weight excluding hydrogens is 140 g/mol. The molecule has 1 saturated heterocycles. The SMILES string of the molecule is CC#CCNC(=O)C1CCN1. The summed E-state index contributed by atoms with van der Waals surface area (Å²) < 4.78 is 0. The van der Waals surface area contributed by atoms with Crippen LogP contribution in [0.3, 0.4) is 0 Å². The van der Waals surface area contributed by atoms with E-state index in [2.05, 4.69) is 22.5 Å². The van der Waals surface area contributed by atoms with Gasteiger partial charge in [0.05, 0.1) is 12.6 Å². The molecule has 1 atom stereocenters. The third-order valence-electron chi connectivity index (χ3n) is 1.67. The summed E-state index contributed by atoms with van der Waals surface area (Å²) in [6.07, 6.45) is 0.950. The molecule has 0 aromatic rings. The summed E-state index contributed by atoms with van der Waals surface area (Å²) in [6, 6.07) is 0.0358. The van der Waals surface area contributed by atoms with Crippen molar-refractivity contribution in [2.75, 3.05) is 13.1 Å². The van der Waals surface area contributed by atoms with Crippen molar-refractivity contribution in [1.29, 1.82) is 0 Å². The van der Waals surface area contributed by atoms with Gasteiger partial charge in [-0.25, -0.2) is 0 Å². The molecule has 3 heteroatoms. The standard InChI is InChI=1S/C8H12N2O/c1-2-3-5-10-8(11)7-4-6-9-7/h7,9H,4-6H2,1H3,(H,10,11). The van der Waals surface area contributed by atoms with E-state index in [-0.39, 0.29) is 11.9 Å². The zero-order valence-corrected chi connectivity index (χ0v) is 6.61. The first-order valence-electron chi connectivity index (χ1n) is 3.75. The maximum Gasteiger partial charge on any atom is 0.237 e. The summed E-state index contributed by atoms with van der Waals surface area (Å²) in [5.41, 5.74) is 0. The fourth-order valence-electron chi connectivity index (χ4n) is 0.855. The highest BCUT2D eigenvalue weighted by Gasteiger charge is 2.23. The minimum Gasteiger partial charge on any atom is -0.344 e. The van der Waals surface area contributed by atoms with E-state index in [0.717, 1.165) is 13.0 Å². The van der Waals surface area contributed by atoms with Gasteiger partial charge in [0.15, 0.2) is 0 Å². The molecule has 1 aliphatic heterocycles. The smallest absolute Gasteiger partial charge is 0.237 e. The van der Waals surface area contributed by atoms with Crippen LogP contribution in [-0.4, -0.2) is 25.0 Å². The highest BCUT2D eigenvalue weighted by molar-refractivity contribution is 5.82. The second-order valence-corrected chi connectivity index (χ2v) is 2.44. The lowest BCUT2D eigenvalue weighted by atomic mass is 10.1. The maximum absolute atomic E-state index is 11.1. The van der Waals surface area contributed by atoms with Gasteiger partial charge in [0.25, 0.3) is 0 Å². The average Bonchev–Trinajstić information content (AvgIpc) is 1.84. The average molecular weight is 152 g/mol. The molecular formula is C8H12N2O. The van der Waals surface area contributed by atoms with Gasteiger partial charge >= 0.3 is 0 Å². The zero-order valence-electron chi connectivity index (χ0n) is 6.61. The van der Waals surface area contributed by atoms with Crippen LogP contribution in [0.4, 0.5) is 0 Å². The number of carbonyl (C=O) groups excluding carboxylic acids is 1.